The summed E-state index contributed by atoms with van der Waals surface area (Å²) in [7, 11) is 1.59. The van der Waals surface area contributed by atoms with E-state index in [9.17, 15) is 14.4 Å². The number of rotatable bonds is 10. The van der Waals surface area contributed by atoms with Crippen LogP contribution in [0, 0.1) is 0 Å². The van der Waals surface area contributed by atoms with Crippen molar-refractivity contribution in [2.24, 2.45) is 0 Å². The van der Waals surface area contributed by atoms with Crippen molar-refractivity contribution in [1.29, 1.82) is 0 Å². The van der Waals surface area contributed by atoms with Crippen LogP contribution in [-0.4, -0.2) is 42.9 Å². The molecule has 1 aliphatic rings. The van der Waals surface area contributed by atoms with Gasteiger partial charge in [-0.05, 0) is 43.5 Å². The van der Waals surface area contributed by atoms with E-state index in [4.69, 9.17) is 9.47 Å². The van der Waals surface area contributed by atoms with Crippen molar-refractivity contribution in [3.05, 3.63) is 35.4 Å². The van der Waals surface area contributed by atoms with Gasteiger partial charge in [-0.2, -0.15) is 0 Å². The van der Waals surface area contributed by atoms with E-state index < -0.39 is 0 Å². The van der Waals surface area contributed by atoms with Crippen LogP contribution in [0.1, 0.15) is 51.0 Å². The molecular weight excluding hydrogens is 346 g/mol. The Morgan fingerprint density at radius 1 is 1.19 bits per heavy atom. The van der Waals surface area contributed by atoms with Crippen LogP contribution in [0.25, 0.3) is 6.08 Å². The molecule has 1 aromatic carbocycles. The molecule has 6 heteroatoms. The Morgan fingerprint density at radius 2 is 1.96 bits per heavy atom. The van der Waals surface area contributed by atoms with Gasteiger partial charge in [-0.3, -0.25) is 19.3 Å². The molecule has 0 bridgehead atoms. The Bertz CT molecular complexity index is 710. The van der Waals surface area contributed by atoms with Crippen molar-refractivity contribution in [3.63, 3.8) is 0 Å². The topological polar surface area (TPSA) is 72.9 Å². The summed E-state index contributed by atoms with van der Waals surface area (Å²) in [6, 6.07) is 7.38. The van der Waals surface area contributed by atoms with Crippen LogP contribution in [0.4, 0.5) is 0 Å². The Hall–Kier alpha value is -2.63. The maximum absolute atomic E-state index is 12.5. The van der Waals surface area contributed by atoms with Crippen LogP contribution in [-0.2, 0) is 19.1 Å². The van der Waals surface area contributed by atoms with E-state index in [1.807, 2.05) is 24.3 Å². The highest BCUT2D eigenvalue weighted by atomic mass is 16.5. The third-order valence-corrected chi connectivity index (χ3v) is 4.42. The van der Waals surface area contributed by atoms with Crippen LogP contribution in [0.15, 0.2) is 29.8 Å². The molecule has 146 valence electrons. The summed E-state index contributed by atoms with van der Waals surface area (Å²) < 4.78 is 10.1. The lowest BCUT2D eigenvalue weighted by molar-refractivity contribution is -0.143. The predicted molar refractivity (Wildman–Crippen MR) is 102 cm³/mol. The molecule has 1 aliphatic heterocycles. The summed E-state index contributed by atoms with van der Waals surface area (Å²) in [5.74, 6) is 0.172. The molecule has 0 radical (unpaired) electrons. The Kier molecular flexibility index (Phi) is 8.04. The van der Waals surface area contributed by atoms with Gasteiger partial charge >= 0.3 is 5.97 Å². The van der Waals surface area contributed by atoms with E-state index in [2.05, 4.69) is 0 Å². The van der Waals surface area contributed by atoms with Gasteiger partial charge < -0.3 is 9.47 Å². The van der Waals surface area contributed by atoms with Crippen LogP contribution in [0.2, 0.25) is 0 Å². The van der Waals surface area contributed by atoms with Gasteiger partial charge in [0.2, 0.25) is 5.91 Å². The zero-order valence-electron chi connectivity index (χ0n) is 16.0. The second-order valence-electron chi connectivity index (χ2n) is 6.44. The number of benzene rings is 1. The van der Waals surface area contributed by atoms with Crippen LogP contribution < -0.4 is 4.74 Å². The van der Waals surface area contributed by atoms with E-state index in [-0.39, 0.29) is 24.2 Å². The Balaban J connectivity index is 1.80. The van der Waals surface area contributed by atoms with Gasteiger partial charge in [-0.15, -0.1) is 0 Å². The lowest BCUT2D eigenvalue weighted by Gasteiger charge is -2.13. The number of hydrogen-bond acceptors (Lipinski definition) is 5. The number of likely N-dealkylation sites (tertiary alicyclic amines) is 1. The van der Waals surface area contributed by atoms with E-state index in [1.54, 1.807) is 20.1 Å². The number of amides is 2. The molecule has 0 saturated carbocycles. The second kappa shape index (κ2) is 10.5. The molecule has 0 unspecified atom stereocenters. The number of nitrogens with zero attached hydrogens (tertiary/aromatic N) is 1. The van der Waals surface area contributed by atoms with Gasteiger partial charge in [-0.1, -0.05) is 25.0 Å². The average Bonchev–Trinajstić information content (AvgIpc) is 2.92. The lowest BCUT2D eigenvalue weighted by atomic mass is 10.1. The third-order valence-electron chi connectivity index (χ3n) is 4.42. The molecule has 0 N–H and O–H groups in total. The van der Waals surface area contributed by atoms with E-state index >= 15 is 0 Å². The minimum absolute atomic E-state index is 0.138. The monoisotopic (exact) mass is 373 g/mol. The number of imide groups is 1. The highest BCUT2D eigenvalue weighted by molar-refractivity contribution is 6.15. The Morgan fingerprint density at radius 3 is 2.70 bits per heavy atom. The first-order chi connectivity index (χ1) is 13.0. The van der Waals surface area contributed by atoms with E-state index in [0.717, 1.165) is 31.2 Å². The fraction of sp³-hybridized carbons (Fsp3) is 0.476. The van der Waals surface area contributed by atoms with Crippen molar-refractivity contribution < 1.29 is 23.9 Å². The standard InChI is InChI=1S/C21H27NO5/c1-3-27-20(24)11-6-4-5-7-12-22-19(23)15-17(21(22)25)13-16-9-8-10-18(14-16)26-2/h8-10,13-14H,3-7,11-12,15H2,1-2H3/b17-13+. The van der Waals surface area contributed by atoms with Crippen molar-refractivity contribution in [1.82, 2.24) is 4.90 Å². The summed E-state index contributed by atoms with van der Waals surface area (Å²) in [5.41, 5.74) is 1.35. The number of unbranched alkanes of at least 4 members (excludes halogenated alkanes) is 3. The molecule has 1 heterocycles. The third kappa shape index (κ3) is 6.24. The normalized spacial score (nSPS) is 15.5. The quantitative estimate of drug-likeness (QED) is 0.272. The highest BCUT2D eigenvalue weighted by Crippen LogP contribution is 2.23. The first kappa shape index (κ1) is 20.7. The van der Waals surface area contributed by atoms with Gasteiger partial charge in [0.05, 0.1) is 20.1 Å². The van der Waals surface area contributed by atoms with Gasteiger partial charge in [0.25, 0.3) is 5.91 Å². The molecule has 1 aromatic rings. The molecule has 27 heavy (non-hydrogen) atoms. The molecule has 1 fully saturated rings. The van der Waals surface area contributed by atoms with Crippen molar-refractivity contribution in [2.75, 3.05) is 20.3 Å². The van der Waals surface area contributed by atoms with Gasteiger partial charge in [0, 0.05) is 18.5 Å². The average molecular weight is 373 g/mol. The molecule has 0 aliphatic carbocycles. The van der Waals surface area contributed by atoms with Crippen LogP contribution >= 0.6 is 0 Å². The summed E-state index contributed by atoms with van der Waals surface area (Å²) >= 11 is 0. The first-order valence-electron chi connectivity index (χ1n) is 9.40. The Labute approximate surface area is 160 Å². The summed E-state index contributed by atoms with van der Waals surface area (Å²) in [6.45, 7) is 2.62. The molecule has 1 saturated heterocycles. The van der Waals surface area contributed by atoms with Gasteiger partial charge in [0.15, 0.2) is 0 Å². The molecule has 2 rings (SSSR count). The molecule has 2 amide bonds. The van der Waals surface area contributed by atoms with Crippen LogP contribution in [0.3, 0.4) is 0 Å². The number of carbonyl (C=O) groups is 3. The second-order valence-corrected chi connectivity index (χ2v) is 6.44. The largest absolute Gasteiger partial charge is 0.497 e. The number of ether oxygens (including phenoxy) is 2. The molecule has 0 spiro atoms. The molecule has 0 atom stereocenters. The lowest BCUT2D eigenvalue weighted by Crippen LogP contribution is -2.30. The van der Waals surface area contributed by atoms with Crippen molar-refractivity contribution >= 4 is 23.9 Å². The van der Waals surface area contributed by atoms with Crippen LogP contribution in [0.5, 0.6) is 5.75 Å². The van der Waals surface area contributed by atoms with Gasteiger partial charge in [0.1, 0.15) is 5.75 Å². The zero-order valence-corrected chi connectivity index (χ0v) is 16.0. The summed E-state index contributed by atoms with van der Waals surface area (Å²) in [5, 5.41) is 0. The fourth-order valence-corrected chi connectivity index (χ4v) is 3.02. The van der Waals surface area contributed by atoms with E-state index in [0.29, 0.717) is 30.9 Å². The number of esters is 1. The van der Waals surface area contributed by atoms with Gasteiger partial charge in [-0.25, -0.2) is 0 Å². The molecule has 0 aromatic heterocycles. The molecule has 6 nitrogen and oxygen atoms in total. The minimum atomic E-state index is -0.214. The number of carbonyl (C=O) groups excluding carboxylic acids is 3. The summed E-state index contributed by atoms with van der Waals surface area (Å²) in [4.78, 5) is 37.3. The van der Waals surface area contributed by atoms with Crippen molar-refractivity contribution in [3.8, 4) is 5.75 Å². The maximum Gasteiger partial charge on any atom is 0.305 e. The van der Waals surface area contributed by atoms with E-state index in [1.165, 1.54) is 4.90 Å². The smallest absolute Gasteiger partial charge is 0.305 e. The maximum atomic E-state index is 12.5. The zero-order chi connectivity index (χ0) is 19.6. The molecular formula is C21H27NO5. The SMILES string of the molecule is CCOC(=O)CCCCCCN1C(=O)C/C(=C\c2cccc(OC)c2)C1=O. The first-order valence-corrected chi connectivity index (χ1v) is 9.40. The minimum Gasteiger partial charge on any atom is -0.497 e. The number of hydrogen-bond donors (Lipinski definition) is 0. The predicted octanol–water partition coefficient (Wildman–Crippen LogP) is 3.35. The highest BCUT2D eigenvalue weighted by Gasteiger charge is 2.33. The fourth-order valence-electron chi connectivity index (χ4n) is 3.02. The summed E-state index contributed by atoms with van der Waals surface area (Å²) in [6.07, 6.45) is 5.56. The number of methoxy groups -OCH3 is 1. The van der Waals surface area contributed by atoms with Crippen molar-refractivity contribution in [2.45, 2.75) is 45.4 Å².